The number of pyridine rings is 1. The van der Waals surface area contributed by atoms with E-state index >= 15 is 0 Å². The van der Waals surface area contributed by atoms with Crippen LogP contribution in [0.3, 0.4) is 0 Å². The molecule has 0 saturated carbocycles. The maximum atomic E-state index is 13.0. The maximum Gasteiger partial charge on any atom is 0.257 e. The van der Waals surface area contributed by atoms with Crippen LogP contribution < -0.4 is 5.32 Å². The van der Waals surface area contributed by atoms with Crippen molar-refractivity contribution in [2.24, 2.45) is 0 Å². The average molecular weight is 369 g/mol. The summed E-state index contributed by atoms with van der Waals surface area (Å²) in [4.78, 5) is 19.0. The minimum absolute atomic E-state index is 0.0589. The Morgan fingerprint density at radius 1 is 1.27 bits per heavy atom. The summed E-state index contributed by atoms with van der Waals surface area (Å²) in [5.41, 5.74) is 3.19. The Morgan fingerprint density at radius 2 is 2.08 bits per heavy atom. The number of nitrogens with one attached hydrogen (secondary N) is 1. The molecule has 6 nitrogen and oxygen atoms in total. The van der Waals surface area contributed by atoms with Crippen LogP contribution in [0.4, 0.5) is 5.82 Å². The van der Waals surface area contributed by atoms with Gasteiger partial charge in [-0.2, -0.15) is 0 Å². The van der Waals surface area contributed by atoms with Gasteiger partial charge in [0.15, 0.2) is 0 Å². The second-order valence-corrected chi connectivity index (χ2v) is 6.50. The highest BCUT2D eigenvalue weighted by atomic mass is 35.5. The summed E-state index contributed by atoms with van der Waals surface area (Å²) in [5, 5.41) is 7.85. The lowest BCUT2D eigenvalue weighted by molar-refractivity contribution is 0.0729. The normalized spacial score (nSPS) is 13.4. The van der Waals surface area contributed by atoms with Crippen molar-refractivity contribution in [3.63, 3.8) is 0 Å². The third-order valence-electron chi connectivity index (χ3n) is 4.51. The molecule has 0 fully saturated rings. The number of rotatable bonds is 3. The number of hydrogen-bond acceptors (Lipinski definition) is 5. The zero-order valence-corrected chi connectivity index (χ0v) is 15.0. The molecule has 0 bridgehead atoms. The number of aromatic nitrogens is 2. The van der Waals surface area contributed by atoms with Gasteiger partial charge >= 0.3 is 0 Å². The summed E-state index contributed by atoms with van der Waals surface area (Å²) in [5.74, 6) is 1.35. The maximum absolute atomic E-state index is 13.0. The van der Waals surface area contributed by atoms with Gasteiger partial charge in [0.05, 0.1) is 12.1 Å². The van der Waals surface area contributed by atoms with Gasteiger partial charge in [0.2, 0.25) is 0 Å². The van der Waals surface area contributed by atoms with Gasteiger partial charge in [0, 0.05) is 42.4 Å². The summed E-state index contributed by atoms with van der Waals surface area (Å²) in [6, 6.07) is 11.0. The van der Waals surface area contributed by atoms with Crippen molar-refractivity contribution in [2.45, 2.75) is 13.0 Å². The Bertz CT molecular complexity index is 952. The van der Waals surface area contributed by atoms with Gasteiger partial charge in [0.25, 0.3) is 5.91 Å². The molecule has 1 N–H and O–H groups in total. The highest BCUT2D eigenvalue weighted by Crippen LogP contribution is 2.31. The lowest BCUT2D eigenvalue weighted by atomic mass is 10.0. The van der Waals surface area contributed by atoms with Crippen molar-refractivity contribution < 1.29 is 9.32 Å². The van der Waals surface area contributed by atoms with E-state index in [9.17, 15) is 4.79 Å². The first-order valence-corrected chi connectivity index (χ1v) is 8.70. The zero-order chi connectivity index (χ0) is 18.1. The summed E-state index contributed by atoms with van der Waals surface area (Å²) >= 11 is 5.97. The van der Waals surface area contributed by atoms with Crippen LogP contribution in [0.25, 0.3) is 11.3 Å². The van der Waals surface area contributed by atoms with Gasteiger partial charge in [-0.15, -0.1) is 0 Å². The molecule has 1 aliphatic rings. The van der Waals surface area contributed by atoms with Crippen molar-refractivity contribution in [1.82, 2.24) is 15.0 Å². The molecular formula is C19H17ClN4O2. The lowest BCUT2D eigenvalue weighted by Crippen LogP contribution is -2.36. The molecule has 4 rings (SSSR count). The van der Waals surface area contributed by atoms with E-state index in [0.717, 1.165) is 22.6 Å². The molecule has 3 heterocycles. The molecule has 1 aromatic carbocycles. The fraction of sp³-hybridized carbons (Fsp3) is 0.211. The van der Waals surface area contributed by atoms with E-state index in [1.165, 1.54) is 0 Å². The number of fused-ring (bicyclic) bond motifs is 1. The molecule has 3 aromatic rings. The van der Waals surface area contributed by atoms with E-state index in [0.29, 0.717) is 35.9 Å². The molecule has 132 valence electrons. The molecule has 0 radical (unpaired) electrons. The number of amides is 1. The predicted octanol–water partition coefficient (Wildman–Crippen LogP) is 3.63. The second kappa shape index (κ2) is 6.80. The standard InChI is InChI=1S/C19H17ClN4O2/c1-21-18-14(3-2-9-22-18)19(25)24-10-8-16-15(11-24)17(23-26-16)12-4-6-13(20)7-5-12/h2-7,9H,8,10-11H2,1H3,(H,21,22). The Kier molecular flexibility index (Phi) is 4.34. The highest BCUT2D eigenvalue weighted by Gasteiger charge is 2.29. The van der Waals surface area contributed by atoms with E-state index in [2.05, 4.69) is 15.5 Å². The summed E-state index contributed by atoms with van der Waals surface area (Å²) in [6.45, 7) is 1.03. The molecular weight excluding hydrogens is 352 g/mol. The number of halogens is 1. The second-order valence-electron chi connectivity index (χ2n) is 6.07. The molecule has 26 heavy (non-hydrogen) atoms. The van der Waals surface area contributed by atoms with Crippen LogP contribution in [0, 0.1) is 0 Å². The molecule has 1 amide bonds. The fourth-order valence-electron chi connectivity index (χ4n) is 3.16. The largest absolute Gasteiger partial charge is 0.372 e. The number of hydrogen-bond donors (Lipinski definition) is 1. The van der Waals surface area contributed by atoms with E-state index in [1.807, 2.05) is 24.3 Å². The van der Waals surface area contributed by atoms with Crippen LogP contribution in [0.5, 0.6) is 0 Å². The molecule has 0 unspecified atom stereocenters. The van der Waals surface area contributed by atoms with Crippen molar-refractivity contribution in [1.29, 1.82) is 0 Å². The summed E-state index contributed by atoms with van der Waals surface area (Å²) < 4.78 is 5.50. The van der Waals surface area contributed by atoms with Gasteiger partial charge in [-0.3, -0.25) is 4.79 Å². The van der Waals surface area contributed by atoms with Gasteiger partial charge < -0.3 is 14.7 Å². The number of benzene rings is 1. The first-order valence-electron chi connectivity index (χ1n) is 8.33. The average Bonchev–Trinajstić information content (AvgIpc) is 3.11. The Hall–Kier alpha value is -2.86. The molecule has 0 saturated heterocycles. The molecule has 2 aromatic heterocycles. The third-order valence-corrected chi connectivity index (χ3v) is 4.76. The van der Waals surface area contributed by atoms with Gasteiger partial charge in [-0.25, -0.2) is 4.98 Å². The summed E-state index contributed by atoms with van der Waals surface area (Å²) in [6.07, 6.45) is 2.30. The Labute approximate surface area is 155 Å². The first kappa shape index (κ1) is 16.6. The molecule has 0 atom stereocenters. The minimum atomic E-state index is -0.0589. The van der Waals surface area contributed by atoms with Gasteiger partial charge in [0.1, 0.15) is 17.3 Å². The van der Waals surface area contributed by atoms with Gasteiger partial charge in [-0.05, 0) is 24.3 Å². The van der Waals surface area contributed by atoms with E-state index < -0.39 is 0 Å². The monoisotopic (exact) mass is 368 g/mol. The fourth-order valence-corrected chi connectivity index (χ4v) is 3.29. The number of nitrogens with zero attached hydrogens (tertiary/aromatic N) is 3. The topological polar surface area (TPSA) is 71.3 Å². The Morgan fingerprint density at radius 3 is 2.85 bits per heavy atom. The zero-order valence-electron chi connectivity index (χ0n) is 14.2. The number of anilines is 1. The van der Waals surface area contributed by atoms with E-state index in [4.69, 9.17) is 16.1 Å². The number of carbonyl (C=O) groups is 1. The molecule has 7 heteroatoms. The quantitative estimate of drug-likeness (QED) is 0.764. The molecule has 0 spiro atoms. The van der Waals surface area contributed by atoms with E-state index in [1.54, 1.807) is 30.3 Å². The Balaban J connectivity index is 1.64. The smallest absolute Gasteiger partial charge is 0.257 e. The first-order chi connectivity index (χ1) is 12.7. The lowest BCUT2D eigenvalue weighted by Gasteiger charge is -2.27. The highest BCUT2D eigenvalue weighted by molar-refractivity contribution is 6.30. The minimum Gasteiger partial charge on any atom is -0.372 e. The van der Waals surface area contributed by atoms with Crippen LogP contribution in [-0.2, 0) is 13.0 Å². The van der Waals surface area contributed by atoms with Crippen LogP contribution in [-0.4, -0.2) is 34.5 Å². The van der Waals surface area contributed by atoms with Crippen LogP contribution in [0.1, 0.15) is 21.7 Å². The predicted molar refractivity (Wildman–Crippen MR) is 99.2 cm³/mol. The van der Waals surface area contributed by atoms with Crippen molar-refractivity contribution in [3.05, 3.63) is 64.5 Å². The molecule has 0 aliphatic carbocycles. The van der Waals surface area contributed by atoms with Crippen LogP contribution in [0.2, 0.25) is 5.02 Å². The van der Waals surface area contributed by atoms with E-state index in [-0.39, 0.29) is 5.91 Å². The number of carbonyl (C=O) groups excluding carboxylic acids is 1. The third kappa shape index (κ3) is 2.93. The van der Waals surface area contributed by atoms with Crippen molar-refractivity contribution in [3.8, 4) is 11.3 Å². The summed E-state index contributed by atoms with van der Waals surface area (Å²) in [7, 11) is 1.76. The van der Waals surface area contributed by atoms with Crippen molar-refractivity contribution >= 4 is 23.3 Å². The van der Waals surface area contributed by atoms with Crippen LogP contribution in [0.15, 0.2) is 47.1 Å². The SMILES string of the molecule is CNc1ncccc1C(=O)N1CCc2onc(-c3ccc(Cl)cc3)c2C1. The van der Waals surface area contributed by atoms with Gasteiger partial charge in [-0.1, -0.05) is 28.9 Å². The van der Waals surface area contributed by atoms with Crippen molar-refractivity contribution in [2.75, 3.05) is 18.9 Å². The van der Waals surface area contributed by atoms with Crippen LogP contribution >= 0.6 is 11.6 Å². The molecule has 1 aliphatic heterocycles.